The van der Waals surface area contributed by atoms with Crippen molar-refractivity contribution in [2.75, 3.05) is 13.6 Å². The second-order valence-corrected chi connectivity index (χ2v) is 6.09. The van der Waals surface area contributed by atoms with Gasteiger partial charge in [-0.1, -0.05) is 34.1 Å². The van der Waals surface area contributed by atoms with Crippen LogP contribution in [0.15, 0.2) is 47.1 Å². The van der Waals surface area contributed by atoms with Crippen molar-refractivity contribution in [3.8, 4) is 0 Å². The number of pyridine rings is 1. The minimum Gasteiger partial charge on any atom is -0.345 e. The summed E-state index contributed by atoms with van der Waals surface area (Å²) < 4.78 is 1.07. The van der Waals surface area contributed by atoms with Gasteiger partial charge in [0.15, 0.2) is 0 Å². The van der Waals surface area contributed by atoms with Crippen LogP contribution in [0.1, 0.15) is 16.8 Å². The van der Waals surface area contributed by atoms with Crippen LogP contribution in [0.25, 0.3) is 0 Å². The Bertz CT molecular complexity index is 593. The Balaban J connectivity index is 1.84. The van der Waals surface area contributed by atoms with Crippen LogP contribution in [0, 0.1) is 6.92 Å². The number of carbonyl (C=O) groups excluding carboxylic acids is 1. The lowest BCUT2D eigenvalue weighted by atomic mass is 10.1. The first-order valence-electron chi connectivity index (χ1n) is 6.94. The Labute approximate surface area is 134 Å². The first-order valence-corrected chi connectivity index (χ1v) is 7.74. The van der Waals surface area contributed by atoms with E-state index in [2.05, 4.69) is 33.0 Å². The molecule has 2 rings (SSSR count). The Morgan fingerprint density at radius 3 is 2.43 bits per heavy atom. The normalized spacial score (nSPS) is 10.4. The lowest BCUT2D eigenvalue weighted by molar-refractivity contribution is -0.129. The Hall–Kier alpha value is -1.68. The van der Waals surface area contributed by atoms with Crippen LogP contribution in [0.5, 0.6) is 0 Å². The van der Waals surface area contributed by atoms with Crippen molar-refractivity contribution in [1.29, 1.82) is 0 Å². The monoisotopic (exact) mass is 346 g/mol. The predicted molar refractivity (Wildman–Crippen MR) is 88.2 cm³/mol. The highest BCUT2D eigenvalue weighted by Crippen LogP contribution is 2.11. The number of halogens is 1. The minimum atomic E-state index is 0.123. The fourth-order valence-corrected chi connectivity index (χ4v) is 2.25. The molecular formula is C17H19BrN2O. The molecule has 0 bridgehead atoms. The minimum absolute atomic E-state index is 0.123. The van der Waals surface area contributed by atoms with E-state index in [0.29, 0.717) is 6.42 Å². The summed E-state index contributed by atoms with van der Waals surface area (Å²) in [5.74, 6) is 0.123. The SMILES string of the molecule is Cc1ccc(CC(=O)N(C)CCc2ccc(Br)cc2)cn1. The molecule has 0 saturated carbocycles. The van der Waals surface area contributed by atoms with Gasteiger partial charge in [-0.3, -0.25) is 9.78 Å². The summed E-state index contributed by atoms with van der Waals surface area (Å²) in [7, 11) is 1.85. The van der Waals surface area contributed by atoms with E-state index in [0.717, 1.165) is 28.7 Å². The molecule has 0 radical (unpaired) electrons. The van der Waals surface area contributed by atoms with E-state index in [1.54, 1.807) is 11.1 Å². The van der Waals surface area contributed by atoms with Gasteiger partial charge in [0.05, 0.1) is 6.42 Å². The van der Waals surface area contributed by atoms with Crippen LogP contribution in [0.2, 0.25) is 0 Å². The number of amides is 1. The van der Waals surface area contributed by atoms with Gasteiger partial charge in [-0.25, -0.2) is 0 Å². The number of likely N-dealkylation sites (N-methyl/N-ethyl adjacent to an activating group) is 1. The first-order chi connectivity index (χ1) is 10.0. The molecule has 110 valence electrons. The molecule has 0 aliphatic rings. The number of hydrogen-bond acceptors (Lipinski definition) is 2. The highest BCUT2D eigenvalue weighted by molar-refractivity contribution is 9.10. The number of nitrogens with zero attached hydrogens (tertiary/aromatic N) is 2. The standard InChI is InChI=1S/C17H19BrN2O/c1-13-3-4-15(12-19-13)11-17(21)20(2)10-9-14-5-7-16(18)8-6-14/h3-8,12H,9-11H2,1-2H3. The van der Waals surface area contributed by atoms with E-state index in [4.69, 9.17) is 0 Å². The lowest BCUT2D eigenvalue weighted by Gasteiger charge is -2.17. The quantitative estimate of drug-likeness (QED) is 0.831. The molecule has 21 heavy (non-hydrogen) atoms. The fourth-order valence-electron chi connectivity index (χ4n) is 1.99. The molecule has 4 heteroatoms. The third-order valence-corrected chi connectivity index (χ3v) is 3.93. The number of aryl methyl sites for hydroxylation is 1. The van der Waals surface area contributed by atoms with E-state index >= 15 is 0 Å². The summed E-state index contributed by atoms with van der Waals surface area (Å²) >= 11 is 3.42. The molecule has 0 spiro atoms. The van der Waals surface area contributed by atoms with Crippen molar-refractivity contribution >= 4 is 21.8 Å². The van der Waals surface area contributed by atoms with Crippen LogP contribution in [0.4, 0.5) is 0 Å². The summed E-state index contributed by atoms with van der Waals surface area (Å²) in [6, 6.07) is 12.1. The zero-order valence-electron chi connectivity index (χ0n) is 12.3. The van der Waals surface area contributed by atoms with Crippen molar-refractivity contribution in [2.24, 2.45) is 0 Å². The van der Waals surface area contributed by atoms with Gasteiger partial charge in [-0.2, -0.15) is 0 Å². The molecule has 1 aromatic carbocycles. The molecule has 0 aliphatic carbocycles. The average molecular weight is 347 g/mol. The maximum Gasteiger partial charge on any atom is 0.226 e. The number of hydrogen-bond donors (Lipinski definition) is 0. The molecule has 1 aromatic heterocycles. The Morgan fingerprint density at radius 2 is 1.81 bits per heavy atom. The van der Waals surface area contributed by atoms with Gasteiger partial charge in [0.2, 0.25) is 5.91 Å². The van der Waals surface area contributed by atoms with Gasteiger partial charge >= 0.3 is 0 Å². The van der Waals surface area contributed by atoms with Crippen molar-refractivity contribution in [2.45, 2.75) is 19.8 Å². The zero-order chi connectivity index (χ0) is 15.2. The first kappa shape index (κ1) is 15.7. The smallest absolute Gasteiger partial charge is 0.226 e. The van der Waals surface area contributed by atoms with Crippen molar-refractivity contribution < 1.29 is 4.79 Å². The molecule has 1 amide bonds. The van der Waals surface area contributed by atoms with Crippen molar-refractivity contribution in [3.63, 3.8) is 0 Å². The van der Waals surface area contributed by atoms with E-state index in [1.165, 1.54) is 5.56 Å². The van der Waals surface area contributed by atoms with E-state index < -0.39 is 0 Å². The zero-order valence-corrected chi connectivity index (χ0v) is 13.9. The molecule has 0 aliphatic heterocycles. The molecule has 2 aromatic rings. The van der Waals surface area contributed by atoms with Crippen molar-refractivity contribution in [1.82, 2.24) is 9.88 Å². The molecule has 0 atom stereocenters. The van der Waals surface area contributed by atoms with Gasteiger partial charge in [-0.05, 0) is 42.7 Å². The van der Waals surface area contributed by atoms with Gasteiger partial charge in [0.1, 0.15) is 0 Å². The van der Waals surface area contributed by atoms with E-state index in [1.807, 2.05) is 38.2 Å². The number of rotatable bonds is 5. The van der Waals surface area contributed by atoms with Gasteiger partial charge in [0, 0.05) is 30.0 Å². The second kappa shape index (κ2) is 7.36. The molecule has 0 fully saturated rings. The third-order valence-electron chi connectivity index (χ3n) is 3.40. The van der Waals surface area contributed by atoms with Crippen LogP contribution in [0.3, 0.4) is 0 Å². The fraction of sp³-hybridized carbons (Fsp3) is 0.294. The van der Waals surface area contributed by atoms with Gasteiger partial charge in [0.25, 0.3) is 0 Å². The maximum atomic E-state index is 12.2. The summed E-state index contributed by atoms with van der Waals surface area (Å²) in [6.45, 7) is 2.66. The van der Waals surface area contributed by atoms with E-state index in [9.17, 15) is 4.79 Å². The average Bonchev–Trinajstić information content (AvgIpc) is 2.48. The lowest BCUT2D eigenvalue weighted by Crippen LogP contribution is -2.30. The molecule has 3 nitrogen and oxygen atoms in total. The number of aromatic nitrogens is 1. The molecule has 0 unspecified atom stereocenters. The summed E-state index contributed by atoms with van der Waals surface area (Å²) in [5, 5.41) is 0. The highest BCUT2D eigenvalue weighted by Gasteiger charge is 2.09. The van der Waals surface area contributed by atoms with Crippen molar-refractivity contribution in [3.05, 3.63) is 63.9 Å². The maximum absolute atomic E-state index is 12.2. The second-order valence-electron chi connectivity index (χ2n) is 5.18. The highest BCUT2D eigenvalue weighted by atomic mass is 79.9. The molecular weight excluding hydrogens is 328 g/mol. The van der Waals surface area contributed by atoms with Crippen LogP contribution < -0.4 is 0 Å². The van der Waals surface area contributed by atoms with Gasteiger partial charge in [-0.15, -0.1) is 0 Å². The third kappa shape index (κ3) is 4.97. The molecule has 0 N–H and O–H groups in total. The van der Waals surface area contributed by atoms with Crippen LogP contribution in [-0.2, 0) is 17.6 Å². The topological polar surface area (TPSA) is 33.2 Å². The Morgan fingerprint density at radius 1 is 1.14 bits per heavy atom. The number of carbonyl (C=O) groups is 1. The Kier molecular flexibility index (Phi) is 5.51. The molecule has 1 heterocycles. The van der Waals surface area contributed by atoms with Gasteiger partial charge < -0.3 is 4.90 Å². The predicted octanol–water partition coefficient (Wildman–Crippen LogP) is 3.40. The summed E-state index contributed by atoms with van der Waals surface area (Å²) in [4.78, 5) is 18.2. The largest absolute Gasteiger partial charge is 0.345 e. The summed E-state index contributed by atoms with van der Waals surface area (Å²) in [5.41, 5.74) is 3.16. The summed E-state index contributed by atoms with van der Waals surface area (Å²) in [6.07, 6.45) is 3.04. The van der Waals surface area contributed by atoms with Crippen LogP contribution in [-0.4, -0.2) is 29.4 Å². The number of benzene rings is 1. The molecule has 0 saturated heterocycles. The van der Waals surface area contributed by atoms with Crippen LogP contribution >= 0.6 is 15.9 Å². The van der Waals surface area contributed by atoms with E-state index in [-0.39, 0.29) is 5.91 Å².